The number of unbranched alkanes of at least 4 members (excludes halogenated alkanes) is 3. The Labute approximate surface area is 171 Å². The van der Waals surface area contributed by atoms with Crippen LogP contribution in [-0.2, 0) is 6.61 Å². The average Bonchev–Trinajstić information content (AvgIpc) is 2.75. The van der Waals surface area contributed by atoms with Crippen LogP contribution in [0.2, 0.25) is 0 Å². The molecule has 0 aliphatic heterocycles. The Morgan fingerprint density at radius 1 is 1.03 bits per heavy atom. The van der Waals surface area contributed by atoms with Crippen LogP contribution < -0.4 is 15.6 Å². The fourth-order valence-corrected chi connectivity index (χ4v) is 3.51. The largest absolute Gasteiger partial charge is 0.487 e. The first-order chi connectivity index (χ1) is 14.2. The number of H-pyrrole nitrogens is 1. The van der Waals surface area contributed by atoms with Gasteiger partial charge in [-0.25, -0.2) is 0 Å². The summed E-state index contributed by atoms with van der Waals surface area (Å²) in [6.45, 7) is 3.46. The Morgan fingerprint density at radius 2 is 1.86 bits per heavy atom. The molecule has 0 aliphatic carbocycles. The third kappa shape index (κ3) is 5.68. The highest BCUT2D eigenvalue weighted by molar-refractivity contribution is 5.87. The molecule has 0 radical (unpaired) electrons. The smallest absolute Gasteiger partial charge is 0.248 e. The molecule has 3 rings (SSSR count). The molecule has 29 heavy (non-hydrogen) atoms. The van der Waals surface area contributed by atoms with E-state index in [2.05, 4.69) is 17.2 Å². The third-order valence-electron chi connectivity index (χ3n) is 5.11. The number of rotatable bonds is 11. The zero-order valence-corrected chi connectivity index (χ0v) is 17.0. The van der Waals surface area contributed by atoms with Gasteiger partial charge in [0.05, 0.1) is 18.2 Å². The summed E-state index contributed by atoms with van der Waals surface area (Å²) < 4.78 is 6.00. The summed E-state index contributed by atoms with van der Waals surface area (Å²) in [6.07, 6.45) is 4.69. The number of hydrogen-bond donors (Lipinski definition) is 3. The number of nitrogens with one attached hydrogen (secondary N) is 2. The van der Waals surface area contributed by atoms with Crippen LogP contribution in [0.15, 0.2) is 59.4 Å². The molecule has 0 saturated heterocycles. The average molecular weight is 395 g/mol. The van der Waals surface area contributed by atoms with Gasteiger partial charge in [0.1, 0.15) is 12.4 Å². The van der Waals surface area contributed by atoms with Crippen molar-refractivity contribution in [1.82, 2.24) is 10.3 Å². The van der Waals surface area contributed by atoms with E-state index in [4.69, 9.17) is 4.74 Å². The van der Waals surface area contributed by atoms with Crippen LogP contribution in [0.25, 0.3) is 10.9 Å². The van der Waals surface area contributed by atoms with Gasteiger partial charge in [-0.2, -0.15) is 0 Å². The standard InChI is InChI=1S/C24H30N2O3/c1-2-3-4-8-15-25-21(16-27)19-11-13-22(24-20(19)12-14-23(28)26-24)29-17-18-9-6-5-7-10-18/h5-7,9-14,21,25,27H,2-4,8,15-17H2,1H3,(H,26,28). The molecule has 0 fully saturated rings. The molecule has 3 N–H and O–H groups in total. The highest BCUT2D eigenvalue weighted by Gasteiger charge is 2.16. The van der Waals surface area contributed by atoms with Crippen LogP contribution in [0.1, 0.15) is 49.8 Å². The molecule has 154 valence electrons. The van der Waals surface area contributed by atoms with Crippen molar-refractivity contribution in [1.29, 1.82) is 0 Å². The molecule has 0 spiro atoms. The molecule has 1 heterocycles. The molecule has 2 aromatic carbocycles. The summed E-state index contributed by atoms with van der Waals surface area (Å²) in [7, 11) is 0. The van der Waals surface area contributed by atoms with Gasteiger partial charge in [-0.15, -0.1) is 0 Å². The second-order valence-corrected chi connectivity index (χ2v) is 7.29. The quantitative estimate of drug-likeness (QED) is 0.424. The highest BCUT2D eigenvalue weighted by atomic mass is 16.5. The molecular weight excluding hydrogens is 364 g/mol. The van der Waals surface area contributed by atoms with Gasteiger partial charge in [-0.1, -0.05) is 62.6 Å². The lowest BCUT2D eigenvalue weighted by Crippen LogP contribution is -2.26. The SMILES string of the molecule is CCCCCCNC(CO)c1ccc(OCc2ccccc2)c2[nH]c(=O)ccc12. The Morgan fingerprint density at radius 3 is 2.62 bits per heavy atom. The summed E-state index contributed by atoms with van der Waals surface area (Å²) in [5, 5.41) is 14.3. The van der Waals surface area contributed by atoms with Crippen molar-refractivity contribution in [2.45, 2.75) is 45.3 Å². The zero-order valence-electron chi connectivity index (χ0n) is 17.0. The lowest BCUT2D eigenvalue weighted by atomic mass is 10.0. The maximum atomic E-state index is 12.0. The Kier molecular flexibility index (Phi) is 7.85. The number of pyridine rings is 1. The van der Waals surface area contributed by atoms with Crippen molar-refractivity contribution in [3.05, 3.63) is 76.1 Å². The molecule has 1 aromatic heterocycles. The molecule has 1 unspecified atom stereocenters. The van der Waals surface area contributed by atoms with Crippen molar-refractivity contribution in [2.24, 2.45) is 0 Å². The second-order valence-electron chi connectivity index (χ2n) is 7.29. The topological polar surface area (TPSA) is 74.3 Å². The first kappa shape index (κ1) is 21.1. The van der Waals surface area contributed by atoms with E-state index in [1.54, 1.807) is 6.07 Å². The predicted octanol–water partition coefficient (Wildman–Crippen LogP) is 4.31. The van der Waals surface area contributed by atoms with Gasteiger partial charge in [0.25, 0.3) is 0 Å². The number of aromatic amines is 1. The Bertz CT molecular complexity index is 953. The summed E-state index contributed by atoms with van der Waals surface area (Å²) >= 11 is 0. The molecule has 5 nitrogen and oxygen atoms in total. The molecule has 0 aliphatic rings. The molecule has 0 bridgehead atoms. The van der Waals surface area contributed by atoms with Gasteiger partial charge < -0.3 is 20.1 Å². The minimum absolute atomic E-state index is 0.00771. The summed E-state index contributed by atoms with van der Waals surface area (Å²) in [6, 6.07) is 16.9. The van der Waals surface area contributed by atoms with Crippen molar-refractivity contribution < 1.29 is 9.84 Å². The predicted molar refractivity (Wildman–Crippen MR) is 117 cm³/mol. The monoisotopic (exact) mass is 394 g/mol. The first-order valence-corrected chi connectivity index (χ1v) is 10.4. The molecule has 3 aromatic rings. The van der Waals surface area contributed by atoms with E-state index in [0.29, 0.717) is 17.9 Å². The van der Waals surface area contributed by atoms with Gasteiger partial charge in [0.15, 0.2) is 0 Å². The van der Waals surface area contributed by atoms with Crippen molar-refractivity contribution in [2.75, 3.05) is 13.2 Å². The summed E-state index contributed by atoms with van der Waals surface area (Å²) in [4.78, 5) is 14.9. The normalized spacial score (nSPS) is 12.2. The maximum Gasteiger partial charge on any atom is 0.248 e. The Balaban J connectivity index is 1.82. The highest BCUT2D eigenvalue weighted by Crippen LogP contribution is 2.30. The van der Waals surface area contributed by atoms with Crippen molar-refractivity contribution in [3.8, 4) is 5.75 Å². The molecule has 0 saturated carbocycles. The van der Waals surface area contributed by atoms with E-state index >= 15 is 0 Å². The number of aliphatic hydroxyl groups is 1. The Hall–Kier alpha value is -2.63. The van der Waals surface area contributed by atoms with Gasteiger partial charge in [-0.05, 0) is 36.2 Å². The number of benzene rings is 2. The summed E-state index contributed by atoms with van der Waals surface area (Å²) in [5.74, 6) is 0.630. The van der Waals surface area contributed by atoms with Crippen LogP contribution in [0.5, 0.6) is 5.75 Å². The minimum atomic E-state index is -0.187. The van der Waals surface area contributed by atoms with Gasteiger partial charge in [-0.3, -0.25) is 4.79 Å². The third-order valence-corrected chi connectivity index (χ3v) is 5.11. The summed E-state index contributed by atoms with van der Waals surface area (Å²) in [5.41, 5.74) is 2.51. The van der Waals surface area contributed by atoms with Crippen molar-refractivity contribution in [3.63, 3.8) is 0 Å². The van der Waals surface area contributed by atoms with Crippen LogP contribution in [-0.4, -0.2) is 23.2 Å². The van der Waals surface area contributed by atoms with E-state index in [1.165, 1.54) is 25.3 Å². The fourth-order valence-electron chi connectivity index (χ4n) is 3.51. The van der Waals surface area contributed by atoms with Gasteiger partial charge in [0, 0.05) is 11.5 Å². The number of hydrogen-bond acceptors (Lipinski definition) is 4. The lowest BCUT2D eigenvalue weighted by Gasteiger charge is -2.20. The van der Waals surface area contributed by atoms with Crippen LogP contribution in [0, 0.1) is 0 Å². The van der Waals surface area contributed by atoms with Crippen LogP contribution in [0.3, 0.4) is 0 Å². The lowest BCUT2D eigenvalue weighted by molar-refractivity contribution is 0.244. The number of fused-ring (bicyclic) bond motifs is 1. The number of ether oxygens (including phenoxy) is 1. The van der Waals surface area contributed by atoms with Crippen LogP contribution in [0.4, 0.5) is 0 Å². The molecule has 5 heteroatoms. The first-order valence-electron chi connectivity index (χ1n) is 10.4. The van der Waals surface area contributed by atoms with Crippen molar-refractivity contribution >= 4 is 10.9 Å². The van der Waals surface area contributed by atoms with Crippen LogP contribution >= 0.6 is 0 Å². The van der Waals surface area contributed by atoms with E-state index in [-0.39, 0.29) is 18.2 Å². The van der Waals surface area contributed by atoms with E-state index < -0.39 is 0 Å². The second kappa shape index (κ2) is 10.8. The van der Waals surface area contributed by atoms with E-state index in [0.717, 1.165) is 29.5 Å². The minimum Gasteiger partial charge on any atom is -0.487 e. The molecule has 1 atom stereocenters. The van der Waals surface area contributed by atoms with E-state index in [1.807, 2.05) is 42.5 Å². The maximum absolute atomic E-state index is 12.0. The zero-order chi connectivity index (χ0) is 20.5. The van der Waals surface area contributed by atoms with E-state index in [9.17, 15) is 9.90 Å². The molecule has 0 amide bonds. The number of aliphatic hydroxyl groups excluding tert-OH is 1. The number of aromatic nitrogens is 1. The van der Waals surface area contributed by atoms with Gasteiger partial charge >= 0.3 is 0 Å². The molecular formula is C24H30N2O3. The fraction of sp³-hybridized carbons (Fsp3) is 0.375. The van der Waals surface area contributed by atoms with Gasteiger partial charge in [0.2, 0.25) is 5.56 Å².